The van der Waals surface area contributed by atoms with Gasteiger partial charge >= 0.3 is 6.09 Å². The number of methoxy groups -OCH3 is 2. The van der Waals surface area contributed by atoms with Crippen molar-refractivity contribution in [1.82, 2.24) is 4.90 Å². The van der Waals surface area contributed by atoms with Gasteiger partial charge in [0.25, 0.3) is 0 Å². The molecule has 8 nitrogen and oxygen atoms in total. The van der Waals surface area contributed by atoms with E-state index in [1.54, 1.807) is 14.2 Å². The van der Waals surface area contributed by atoms with E-state index in [9.17, 15) is 4.79 Å². The van der Waals surface area contributed by atoms with Gasteiger partial charge in [-0.3, -0.25) is 0 Å². The van der Waals surface area contributed by atoms with Crippen LogP contribution in [0.2, 0.25) is 0 Å². The van der Waals surface area contributed by atoms with Crippen molar-refractivity contribution < 1.29 is 28.9 Å². The van der Waals surface area contributed by atoms with Gasteiger partial charge in [0.1, 0.15) is 23.8 Å². The molecule has 2 aromatic carbocycles. The highest BCUT2D eigenvalue weighted by molar-refractivity contribution is 6.12. The Kier molecular flexibility index (Phi) is 8.12. The van der Waals surface area contributed by atoms with Gasteiger partial charge in [-0.1, -0.05) is 5.16 Å². The molecule has 0 bridgehead atoms. The quantitative estimate of drug-likeness (QED) is 0.373. The van der Waals surface area contributed by atoms with Gasteiger partial charge < -0.3 is 29.1 Å². The third-order valence-electron chi connectivity index (χ3n) is 5.12. The van der Waals surface area contributed by atoms with Crippen LogP contribution in [0.25, 0.3) is 0 Å². The van der Waals surface area contributed by atoms with Crippen molar-refractivity contribution in [1.29, 1.82) is 0 Å². The van der Waals surface area contributed by atoms with Gasteiger partial charge in [0.2, 0.25) is 0 Å². The van der Waals surface area contributed by atoms with Crippen molar-refractivity contribution in [2.75, 3.05) is 40.5 Å². The molecule has 8 heteroatoms. The standard InChI is InChI=1S/C23H28N2O6/c1-28-19-7-3-17(4-8-19)22(18-5-9-20(29-2)10-6-18)24-31-16-15-30-21-11-13-25(14-12-21)23(26)27/h3-10,21H,11-16H2,1-2H3,(H,26,27). The van der Waals surface area contributed by atoms with E-state index in [2.05, 4.69) is 5.16 Å². The SMILES string of the molecule is COc1ccc(C(=NOCCOC2CCN(C(=O)O)CC2)c2ccc(OC)cc2)cc1. The number of hydrogen-bond donors (Lipinski definition) is 1. The maximum Gasteiger partial charge on any atom is 0.407 e. The molecule has 0 saturated carbocycles. The molecule has 1 N–H and O–H groups in total. The Labute approximate surface area is 182 Å². The molecule has 0 radical (unpaired) electrons. The van der Waals surface area contributed by atoms with Crippen LogP contribution < -0.4 is 9.47 Å². The van der Waals surface area contributed by atoms with Crippen LogP contribution in [0, 0.1) is 0 Å². The van der Waals surface area contributed by atoms with Crippen LogP contribution in [0.4, 0.5) is 4.79 Å². The molecule has 0 aromatic heterocycles. The molecule has 1 fully saturated rings. The Morgan fingerprint density at radius 3 is 1.90 bits per heavy atom. The molecule has 2 aromatic rings. The molecule has 1 aliphatic heterocycles. The van der Waals surface area contributed by atoms with E-state index >= 15 is 0 Å². The fourth-order valence-corrected chi connectivity index (χ4v) is 3.35. The number of rotatable bonds is 9. The largest absolute Gasteiger partial charge is 0.497 e. The maximum atomic E-state index is 11.0. The summed E-state index contributed by atoms with van der Waals surface area (Å²) in [5.74, 6) is 1.53. The van der Waals surface area contributed by atoms with Crippen LogP contribution in [0.1, 0.15) is 24.0 Å². The molecule has 0 aliphatic carbocycles. The summed E-state index contributed by atoms with van der Waals surface area (Å²) in [6.45, 7) is 1.69. The lowest BCUT2D eigenvalue weighted by atomic mass is 10.0. The summed E-state index contributed by atoms with van der Waals surface area (Å²) in [4.78, 5) is 17.9. The van der Waals surface area contributed by atoms with Crippen molar-refractivity contribution in [2.45, 2.75) is 18.9 Å². The van der Waals surface area contributed by atoms with Crippen molar-refractivity contribution in [3.8, 4) is 11.5 Å². The van der Waals surface area contributed by atoms with Gasteiger partial charge in [0, 0.05) is 24.2 Å². The predicted octanol–water partition coefficient (Wildman–Crippen LogP) is 3.63. The fourth-order valence-electron chi connectivity index (χ4n) is 3.35. The van der Waals surface area contributed by atoms with Gasteiger partial charge in [0.05, 0.1) is 26.9 Å². The second-order valence-electron chi connectivity index (χ2n) is 7.07. The summed E-state index contributed by atoms with van der Waals surface area (Å²) >= 11 is 0. The number of ether oxygens (including phenoxy) is 3. The Bertz CT molecular complexity index is 809. The average Bonchev–Trinajstić information content (AvgIpc) is 2.82. The van der Waals surface area contributed by atoms with Crippen molar-refractivity contribution >= 4 is 11.8 Å². The molecule has 31 heavy (non-hydrogen) atoms. The first-order chi connectivity index (χ1) is 15.1. The van der Waals surface area contributed by atoms with Crippen LogP contribution in [-0.4, -0.2) is 68.4 Å². The normalized spacial score (nSPS) is 14.1. The fraction of sp³-hybridized carbons (Fsp3) is 0.391. The first kappa shape index (κ1) is 22.4. The number of hydrogen-bond acceptors (Lipinski definition) is 6. The van der Waals surface area contributed by atoms with Gasteiger partial charge in [-0.05, 0) is 61.4 Å². The lowest BCUT2D eigenvalue weighted by Crippen LogP contribution is -2.40. The summed E-state index contributed by atoms with van der Waals surface area (Å²) in [6, 6.07) is 15.2. The minimum atomic E-state index is -0.874. The highest BCUT2D eigenvalue weighted by Gasteiger charge is 2.22. The van der Waals surface area contributed by atoms with E-state index in [-0.39, 0.29) is 6.10 Å². The Morgan fingerprint density at radius 1 is 0.935 bits per heavy atom. The van der Waals surface area contributed by atoms with Crippen LogP contribution in [0.3, 0.4) is 0 Å². The molecule has 1 amide bonds. The van der Waals surface area contributed by atoms with Crippen molar-refractivity contribution in [3.05, 3.63) is 59.7 Å². The molecule has 0 atom stereocenters. The molecule has 1 aliphatic rings. The van der Waals surface area contributed by atoms with E-state index in [0.717, 1.165) is 22.6 Å². The molecular formula is C23H28N2O6. The molecule has 1 heterocycles. The summed E-state index contributed by atoms with van der Waals surface area (Å²) in [7, 11) is 3.25. The zero-order chi connectivity index (χ0) is 22.1. The minimum Gasteiger partial charge on any atom is -0.497 e. The zero-order valence-electron chi connectivity index (χ0n) is 17.8. The number of benzene rings is 2. The van der Waals surface area contributed by atoms with E-state index in [1.165, 1.54) is 4.90 Å². The topological polar surface area (TPSA) is 89.8 Å². The lowest BCUT2D eigenvalue weighted by Gasteiger charge is -2.29. The monoisotopic (exact) mass is 428 g/mol. The summed E-state index contributed by atoms with van der Waals surface area (Å²) in [5, 5.41) is 13.4. The van der Waals surface area contributed by atoms with E-state index < -0.39 is 6.09 Å². The van der Waals surface area contributed by atoms with Crippen LogP contribution in [0.5, 0.6) is 11.5 Å². The van der Waals surface area contributed by atoms with Crippen LogP contribution >= 0.6 is 0 Å². The highest BCUT2D eigenvalue weighted by Crippen LogP contribution is 2.19. The minimum absolute atomic E-state index is 0.0471. The number of likely N-dealkylation sites (tertiary alicyclic amines) is 1. The average molecular weight is 428 g/mol. The lowest BCUT2D eigenvalue weighted by molar-refractivity contribution is -0.0192. The second-order valence-corrected chi connectivity index (χ2v) is 7.07. The summed E-state index contributed by atoms with van der Waals surface area (Å²) < 4.78 is 16.3. The van der Waals surface area contributed by atoms with E-state index in [0.29, 0.717) is 44.9 Å². The number of nitrogens with zero attached hydrogens (tertiary/aromatic N) is 2. The Hall–Kier alpha value is -3.26. The van der Waals surface area contributed by atoms with Crippen LogP contribution in [0.15, 0.2) is 53.7 Å². The number of piperidine rings is 1. The molecule has 1 saturated heterocycles. The number of carboxylic acid groups (broad SMARTS) is 1. The van der Waals surface area contributed by atoms with Crippen molar-refractivity contribution in [2.24, 2.45) is 5.16 Å². The molecule has 0 unspecified atom stereocenters. The van der Waals surface area contributed by atoms with E-state index in [1.807, 2.05) is 48.5 Å². The first-order valence-electron chi connectivity index (χ1n) is 10.2. The molecule has 166 valence electrons. The number of carbonyl (C=O) groups is 1. The van der Waals surface area contributed by atoms with Gasteiger partial charge in [-0.25, -0.2) is 4.79 Å². The first-order valence-corrected chi connectivity index (χ1v) is 10.2. The van der Waals surface area contributed by atoms with E-state index in [4.69, 9.17) is 24.2 Å². The van der Waals surface area contributed by atoms with Crippen molar-refractivity contribution in [3.63, 3.8) is 0 Å². The number of oxime groups is 1. The molecule has 3 rings (SSSR count). The highest BCUT2D eigenvalue weighted by atomic mass is 16.6. The van der Waals surface area contributed by atoms with Gasteiger partial charge in [-0.2, -0.15) is 0 Å². The molecular weight excluding hydrogens is 400 g/mol. The molecule has 0 spiro atoms. The zero-order valence-corrected chi connectivity index (χ0v) is 17.8. The maximum absolute atomic E-state index is 11.0. The number of amides is 1. The van der Waals surface area contributed by atoms with Gasteiger partial charge in [-0.15, -0.1) is 0 Å². The Balaban J connectivity index is 1.59. The smallest absolute Gasteiger partial charge is 0.407 e. The third kappa shape index (κ3) is 6.36. The third-order valence-corrected chi connectivity index (χ3v) is 5.12. The van der Waals surface area contributed by atoms with Crippen LogP contribution in [-0.2, 0) is 9.57 Å². The summed E-state index contributed by atoms with van der Waals surface area (Å²) in [5.41, 5.74) is 2.49. The predicted molar refractivity (Wildman–Crippen MR) is 116 cm³/mol. The second kappa shape index (κ2) is 11.2. The van der Waals surface area contributed by atoms with Gasteiger partial charge in [0.15, 0.2) is 0 Å². The summed E-state index contributed by atoms with van der Waals surface area (Å²) in [6.07, 6.45) is 0.559. The Morgan fingerprint density at radius 2 is 1.45 bits per heavy atom.